The summed E-state index contributed by atoms with van der Waals surface area (Å²) in [6.07, 6.45) is 8.67. The maximum atomic E-state index is 12.3. The van der Waals surface area contributed by atoms with Gasteiger partial charge in [-0.05, 0) is 48.0 Å². The normalized spacial score (nSPS) is 10.9. The van der Waals surface area contributed by atoms with Crippen molar-refractivity contribution < 1.29 is 4.79 Å². The van der Waals surface area contributed by atoms with Crippen molar-refractivity contribution >= 4 is 29.4 Å². The van der Waals surface area contributed by atoms with Crippen molar-refractivity contribution in [2.24, 2.45) is 0 Å². The average molecular weight is 413 g/mol. The van der Waals surface area contributed by atoms with Gasteiger partial charge in [-0.15, -0.1) is 11.8 Å². The summed E-state index contributed by atoms with van der Waals surface area (Å²) in [5, 5.41) is 8.22. The van der Waals surface area contributed by atoms with E-state index in [0.717, 1.165) is 33.3 Å². The molecule has 0 saturated heterocycles. The van der Waals surface area contributed by atoms with Crippen molar-refractivity contribution in [3.8, 4) is 5.69 Å². The molecule has 1 N–H and O–H groups in total. The highest BCUT2D eigenvalue weighted by Gasteiger charge is 2.03. The number of carbonyl (C=O) groups excluding carboxylic acids is 1. The number of anilines is 1. The lowest BCUT2D eigenvalue weighted by molar-refractivity contribution is -0.111. The van der Waals surface area contributed by atoms with Gasteiger partial charge in [0.15, 0.2) is 0 Å². The van der Waals surface area contributed by atoms with E-state index in [2.05, 4.69) is 15.4 Å². The van der Waals surface area contributed by atoms with Crippen LogP contribution in [-0.4, -0.2) is 20.7 Å². The molecular formula is C24H20N4OS. The molecule has 2 aromatic heterocycles. The van der Waals surface area contributed by atoms with Crippen LogP contribution in [0.25, 0.3) is 11.8 Å². The molecule has 2 heterocycles. The second-order valence-electron chi connectivity index (χ2n) is 6.53. The minimum absolute atomic E-state index is 0.183. The molecule has 0 unspecified atom stereocenters. The quantitative estimate of drug-likeness (QED) is 0.334. The maximum absolute atomic E-state index is 12.3. The molecule has 148 valence electrons. The highest BCUT2D eigenvalue weighted by Crippen LogP contribution is 2.22. The number of rotatable bonds is 7. The number of aromatic nitrogens is 3. The lowest BCUT2D eigenvalue weighted by Crippen LogP contribution is -2.07. The minimum atomic E-state index is -0.183. The Morgan fingerprint density at radius 3 is 2.73 bits per heavy atom. The van der Waals surface area contributed by atoms with Crippen LogP contribution in [0, 0.1) is 0 Å². The Balaban J connectivity index is 1.34. The zero-order valence-corrected chi connectivity index (χ0v) is 17.0. The molecule has 0 radical (unpaired) electrons. The molecule has 0 atom stereocenters. The van der Waals surface area contributed by atoms with Gasteiger partial charge in [-0.25, -0.2) is 9.67 Å². The lowest BCUT2D eigenvalue weighted by atomic mass is 10.2. The van der Waals surface area contributed by atoms with Crippen LogP contribution in [0.4, 0.5) is 5.69 Å². The van der Waals surface area contributed by atoms with Gasteiger partial charge in [0.1, 0.15) is 0 Å². The van der Waals surface area contributed by atoms with Crippen molar-refractivity contribution in [1.29, 1.82) is 0 Å². The van der Waals surface area contributed by atoms with Crippen LogP contribution in [-0.2, 0) is 10.5 Å². The van der Waals surface area contributed by atoms with Crippen LogP contribution in [0.5, 0.6) is 0 Å². The first-order valence-electron chi connectivity index (χ1n) is 9.48. The van der Waals surface area contributed by atoms with Gasteiger partial charge in [-0.1, -0.05) is 36.4 Å². The number of pyridine rings is 1. The molecule has 0 spiro atoms. The Morgan fingerprint density at radius 1 is 1.03 bits per heavy atom. The Kier molecular flexibility index (Phi) is 6.37. The first kappa shape index (κ1) is 19.7. The number of nitrogens with zero attached hydrogens (tertiary/aromatic N) is 3. The number of thioether (sulfide) groups is 1. The summed E-state index contributed by atoms with van der Waals surface area (Å²) in [5.74, 6) is 0.604. The Labute approximate surface area is 179 Å². The zero-order chi connectivity index (χ0) is 20.6. The molecule has 5 nitrogen and oxygen atoms in total. The molecule has 2 aromatic carbocycles. The Morgan fingerprint density at radius 2 is 1.90 bits per heavy atom. The third kappa shape index (κ3) is 5.46. The van der Waals surface area contributed by atoms with Crippen molar-refractivity contribution in [3.63, 3.8) is 0 Å². The summed E-state index contributed by atoms with van der Waals surface area (Å²) in [5.41, 5.74) is 3.72. The van der Waals surface area contributed by atoms with E-state index in [1.165, 1.54) is 6.08 Å². The van der Waals surface area contributed by atoms with E-state index in [0.29, 0.717) is 0 Å². The number of hydrogen-bond acceptors (Lipinski definition) is 4. The smallest absolute Gasteiger partial charge is 0.248 e. The van der Waals surface area contributed by atoms with Gasteiger partial charge in [-0.2, -0.15) is 5.10 Å². The van der Waals surface area contributed by atoms with Crippen LogP contribution in [0.2, 0.25) is 0 Å². The summed E-state index contributed by atoms with van der Waals surface area (Å²) in [7, 11) is 0. The van der Waals surface area contributed by atoms with Crippen molar-refractivity contribution in [1.82, 2.24) is 14.8 Å². The van der Waals surface area contributed by atoms with E-state index in [-0.39, 0.29) is 5.91 Å². The SMILES string of the molecule is O=C(/C=C\c1cnn(-c2ccccc2)c1)Nc1cccc(CSc2ccccn2)c1. The van der Waals surface area contributed by atoms with Crippen LogP contribution in [0.1, 0.15) is 11.1 Å². The molecule has 6 heteroatoms. The number of carbonyl (C=O) groups is 1. The molecular weight excluding hydrogens is 392 g/mol. The number of hydrogen-bond donors (Lipinski definition) is 1. The number of para-hydroxylation sites is 1. The molecule has 0 fully saturated rings. The fraction of sp³-hybridized carbons (Fsp3) is 0.0417. The zero-order valence-electron chi connectivity index (χ0n) is 16.2. The third-order valence-corrected chi connectivity index (χ3v) is 5.28. The molecule has 30 heavy (non-hydrogen) atoms. The second kappa shape index (κ2) is 9.71. The standard InChI is InChI=1S/C24H20N4OS/c29-23(13-12-20-16-26-28(17-20)22-9-2-1-3-10-22)27-21-8-6-7-19(15-21)18-30-24-11-4-5-14-25-24/h1-17H,18H2,(H,27,29)/b13-12-. The molecule has 4 rings (SSSR count). The number of nitrogens with one attached hydrogen (secondary N) is 1. The molecule has 0 aliphatic heterocycles. The van der Waals surface area contributed by atoms with Gasteiger partial charge >= 0.3 is 0 Å². The molecule has 0 aliphatic carbocycles. The maximum Gasteiger partial charge on any atom is 0.248 e. The third-order valence-electron chi connectivity index (χ3n) is 4.27. The van der Waals surface area contributed by atoms with Gasteiger partial charge in [0, 0.05) is 35.5 Å². The van der Waals surface area contributed by atoms with Gasteiger partial charge in [0.05, 0.1) is 16.9 Å². The number of amides is 1. The second-order valence-corrected chi connectivity index (χ2v) is 7.53. The van der Waals surface area contributed by atoms with Crippen LogP contribution >= 0.6 is 11.8 Å². The predicted molar refractivity (Wildman–Crippen MR) is 121 cm³/mol. The van der Waals surface area contributed by atoms with Crippen LogP contribution in [0.3, 0.4) is 0 Å². The summed E-state index contributed by atoms with van der Waals surface area (Å²) in [6, 6.07) is 23.6. The van der Waals surface area contributed by atoms with Crippen molar-refractivity contribution in [2.45, 2.75) is 10.8 Å². The lowest BCUT2D eigenvalue weighted by Gasteiger charge is -2.06. The van der Waals surface area contributed by atoms with Crippen LogP contribution in [0.15, 0.2) is 102 Å². The summed E-state index contributed by atoms with van der Waals surface area (Å²) < 4.78 is 1.78. The highest BCUT2D eigenvalue weighted by atomic mass is 32.2. The fourth-order valence-electron chi connectivity index (χ4n) is 2.83. The van der Waals surface area contributed by atoms with Gasteiger partial charge in [0.25, 0.3) is 0 Å². The van der Waals surface area contributed by atoms with E-state index in [4.69, 9.17) is 0 Å². The molecule has 0 bridgehead atoms. The molecule has 0 saturated carbocycles. The average Bonchev–Trinajstić information content (AvgIpc) is 3.27. The Hall–Kier alpha value is -3.64. The minimum Gasteiger partial charge on any atom is -0.323 e. The number of benzene rings is 2. The molecule has 1 amide bonds. The molecule has 4 aromatic rings. The predicted octanol–water partition coefficient (Wildman–Crippen LogP) is 5.21. The van der Waals surface area contributed by atoms with Gasteiger partial charge in [-0.3, -0.25) is 4.79 Å². The fourth-order valence-corrected chi connectivity index (χ4v) is 3.63. The highest BCUT2D eigenvalue weighted by molar-refractivity contribution is 7.98. The largest absolute Gasteiger partial charge is 0.323 e. The van der Waals surface area contributed by atoms with E-state index in [9.17, 15) is 4.79 Å². The van der Waals surface area contributed by atoms with Crippen molar-refractivity contribution in [2.75, 3.05) is 5.32 Å². The van der Waals surface area contributed by atoms with E-state index >= 15 is 0 Å². The van der Waals surface area contributed by atoms with Crippen molar-refractivity contribution in [3.05, 3.63) is 109 Å². The first-order valence-corrected chi connectivity index (χ1v) is 10.5. The van der Waals surface area contributed by atoms with E-state index in [1.54, 1.807) is 34.9 Å². The Bertz CT molecular complexity index is 1140. The van der Waals surface area contributed by atoms with E-state index in [1.807, 2.05) is 79.0 Å². The summed E-state index contributed by atoms with van der Waals surface area (Å²) in [6.45, 7) is 0. The van der Waals surface area contributed by atoms with Gasteiger partial charge < -0.3 is 5.32 Å². The summed E-state index contributed by atoms with van der Waals surface area (Å²) in [4.78, 5) is 16.6. The first-order chi connectivity index (χ1) is 14.8. The molecule has 0 aliphatic rings. The summed E-state index contributed by atoms with van der Waals surface area (Å²) >= 11 is 1.66. The van der Waals surface area contributed by atoms with Crippen LogP contribution < -0.4 is 5.32 Å². The van der Waals surface area contributed by atoms with E-state index < -0.39 is 0 Å². The van der Waals surface area contributed by atoms with Gasteiger partial charge in [0.2, 0.25) is 5.91 Å². The monoisotopic (exact) mass is 412 g/mol. The topological polar surface area (TPSA) is 59.8 Å².